The van der Waals surface area contributed by atoms with Crippen molar-refractivity contribution >= 4 is 11.5 Å². The lowest BCUT2D eigenvalue weighted by Crippen LogP contribution is -2.46. The number of Topliss-reactive ketones (excluding diaryl/α,β-unsaturated/α-hetero) is 1. The highest BCUT2D eigenvalue weighted by molar-refractivity contribution is 6.03. The summed E-state index contributed by atoms with van der Waals surface area (Å²) in [4.78, 5) is 14.5. The lowest BCUT2D eigenvalue weighted by atomic mass is 9.84. The summed E-state index contributed by atoms with van der Waals surface area (Å²) < 4.78 is 0. The van der Waals surface area contributed by atoms with Crippen LogP contribution in [0.3, 0.4) is 0 Å². The van der Waals surface area contributed by atoms with E-state index >= 15 is 0 Å². The minimum absolute atomic E-state index is 0.325. The second kappa shape index (κ2) is 3.62. The Morgan fingerprint density at radius 3 is 3.00 bits per heavy atom. The Morgan fingerprint density at radius 2 is 2.12 bits per heavy atom. The number of rotatable bonds is 0. The number of carbonyl (C=O) groups is 1. The maximum Gasteiger partial charge on any atom is 0.167 e. The van der Waals surface area contributed by atoms with E-state index in [9.17, 15) is 4.79 Å². The summed E-state index contributed by atoms with van der Waals surface area (Å²) in [6.07, 6.45) is 3.13. The predicted octanol–water partition coefficient (Wildman–Crippen LogP) is 2.88. The maximum absolute atomic E-state index is 12.0. The number of fused-ring (bicyclic) bond motifs is 3. The SMILES string of the molecule is C[C@H]1CCN2c3ccccc3C(=O)C[C@H]2C1. The molecule has 0 N–H and O–H groups in total. The molecule has 1 aromatic rings. The van der Waals surface area contributed by atoms with Gasteiger partial charge in [-0.15, -0.1) is 0 Å². The molecular formula is C14H17NO. The van der Waals surface area contributed by atoms with Crippen LogP contribution < -0.4 is 4.90 Å². The molecule has 0 bridgehead atoms. The van der Waals surface area contributed by atoms with Crippen LogP contribution in [0, 0.1) is 5.92 Å². The minimum atomic E-state index is 0.325. The van der Waals surface area contributed by atoms with Crippen LogP contribution in [0.5, 0.6) is 0 Å². The van der Waals surface area contributed by atoms with E-state index < -0.39 is 0 Å². The fourth-order valence-electron chi connectivity index (χ4n) is 3.05. The van der Waals surface area contributed by atoms with Crippen molar-refractivity contribution in [2.75, 3.05) is 11.4 Å². The summed E-state index contributed by atoms with van der Waals surface area (Å²) >= 11 is 0. The summed E-state index contributed by atoms with van der Waals surface area (Å²) in [5.74, 6) is 1.09. The molecule has 1 fully saturated rings. The van der Waals surface area contributed by atoms with Gasteiger partial charge in [-0.3, -0.25) is 4.79 Å². The molecule has 1 saturated heterocycles. The molecule has 0 amide bonds. The van der Waals surface area contributed by atoms with Crippen molar-refractivity contribution in [1.29, 1.82) is 0 Å². The molecule has 2 heterocycles. The number of hydrogen-bond acceptors (Lipinski definition) is 2. The lowest BCUT2D eigenvalue weighted by molar-refractivity contribution is 0.0956. The Morgan fingerprint density at radius 1 is 1.31 bits per heavy atom. The van der Waals surface area contributed by atoms with Gasteiger partial charge in [0.25, 0.3) is 0 Å². The Hall–Kier alpha value is -1.31. The van der Waals surface area contributed by atoms with Gasteiger partial charge in [-0.05, 0) is 30.9 Å². The van der Waals surface area contributed by atoms with Gasteiger partial charge in [0.1, 0.15) is 0 Å². The number of piperidine rings is 1. The van der Waals surface area contributed by atoms with Gasteiger partial charge in [0.15, 0.2) is 5.78 Å². The summed E-state index contributed by atoms with van der Waals surface area (Å²) in [7, 11) is 0. The van der Waals surface area contributed by atoms with Crippen molar-refractivity contribution in [1.82, 2.24) is 0 Å². The van der Waals surface area contributed by atoms with Crippen LogP contribution in [0.4, 0.5) is 5.69 Å². The summed E-state index contributed by atoms with van der Waals surface area (Å²) in [5.41, 5.74) is 2.09. The van der Waals surface area contributed by atoms with Crippen molar-refractivity contribution in [2.24, 2.45) is 5.92 Å². The van der Waals surface area contributed by atoms with E-state index in [1.54, 1.807) is 0 Å². The number of anilines is 1. The predicted molar refractivity (Wildman–Crippen MR) is 64.9 cm³/mol. The molecule has 2 nitrogen and oxygen atoms in total. The third kappa shape index (κ3) is 1.44. The van der Waals surface area contributed by atoms with E-state index in [0.29, 0.717) is 18.2 Å². The summed E-state index contributed by atoms with van der Waals surface area (Å²) in [6, 6.07) is 8.50. The van der Waals surface area contributed by atoms with Gasteiger partial charge in [0.2, 0.25) is 0 Å². The van der Waals surface area contributed by atoms with E-state index in [-0.39, 0.29) is 0 Å². The molecule has 16 heavy (non-hydrogen) atoms. The maximum atomic E-state index is 12.0. The van der Waals surface area contributed by atoms with Gasteiger partial charge < -0.3 is 4.90 Å². The Bertz CT molecular complexity index is 426. The third-order valence-corrected chi connectivity index (χ3v) is 3.91. The molecule has 0 saturated carbocycles. The number of hydrogen-bond donors (Lipinski definition) is 0. The van der Waals surface area contributed by atoms with Crippen molar-refractivity contribution in [3.05, 3.63) is 29.8 Å². The first-order valence-corrected chi connectivity index (χ1v) is 6.14. The first-order chi connectivity index (χ1) is 7.75. The summed E-state index contributed by atoms with van der Waals surface area (Å²) in [5, 5.41) is 0. The van der Waals surface area contributed by atoms with Crippen molar-refractivity contribution < 1.29 is 4.79 Å². The number of ketones is 1. The first-order valence-electron chi connectivity index (χ1n) is 6.14. The van der Waals surface area contributed by atoms with E-state index in [4.69, 9.17) is 0 Å². The number of para-hydroxylation sites is 1. The van der Waals surface area contributed by atoms with Crippen LogP contribution in [-0.2, 0) is 0 Å². The molecule has 0 aromatic heterocycles. The summed E-state index contributed by atoms with van der Waals surface area (Å²) in [6.45, 7) is 3.40. The van der Waals surface area contributed by atoms with Gasteiger partial charge in [-0.2, -0.15) is 0 Å². The molecule has 3 rings (SSSR count). The molecule has 0 radical (unpaired) electrons. The van der Waals surface area contributed by atoms with E-state index in [2.05, 4.69) is 17.9 Å². The quantitative estimate of drug-likeness (QED) is 0.663. The smallest absolute Gasteiger partial charge is 0.167 e. The van der Waals surface area contributed by atoms with Gasteiger partial charge >= 0.3 is 0 Å². The topological polar surface area (TPSA) is 20.3 Å². The van der Waals surface area contributed by atoms with E-state index in [1.165, 1.54) is 12.8 Å². The van der Waals surface area contributed by atoms with E-state index in [1.807, 2.05) is 18.2 Å². The zero-order valence-electron chi connectivity index (χ0n) is 9.65. The second-order valence-corrected chi connectivity index (χ2v) is 5.12. The highest BCUT2D eigenvalue weighted by Gasteiger charge is 2.34. The monoisotopic (exact) mass is 215 g/mol. The minimum Gasteiger partial charge on any atom is -0.367 e. The molecule has 2 aliphatic rings. The van der Waals surface area contributed by atoms with Crippen LogP contribution >= 0.6 is 0 Å². The molecule has 2 heteroatoms. The standard InChI is InChI=1S/C14H17NO/c1-10-6-7-15-11(8-10)9-14(16)12-4-2-3-5-13(12)15/h2-5,10-11H,6-9H2,1H3/t10-,11+/m0/s1. The highest BCUT2D eigenvalue weighted by Crippen LogP contribution is 2.36. The van der Waals surface area contributed by atoms with Crippen molar-refractivity contribution in [3.8, 4) is 0 Å². The Labute approximate surface area is 96.3 Å². The molecule has 0 spiro atoms. The number of nitrogens with zero attached hydrogens (tertiary/aromatic N) is 1. The van der Waals surface area contributed by atoms with E-state index in [0.717, 1.165) is 23.7 Å². The van der Waals surface area contributed by atoms with Crippen LogP contribution in [0.25, 0.3) is 0 Å². The first kappa shape index (κ1) is 9.88. The Balaban J connectivity index is 2.01. The molecule has 0 aliphatic carbocycles. The van der Waals surface area contributed by atoms with Crippen LogP contribution in [0.15, 0.2) is 24.3 Å². The zero-order chi connectivity index (χ0) is 11.1. The average Bonchev–Trinajstić information content (AvgIpc) is 2.29. The van der Waals surface area contributed by atoms with Crippen LogP contribution in [0.1, 0.15) is 36.5 Å². The third-order valence-electron chi connectivity index (χ3n) is 3.91. The van der Waals surface area contributed by atoms with Crippen molar-refractivity contribution in [2.45, 2.75) is 32.2 Å². The van der Waals surface area contributed by atoms with Crippen molar-refractivity contribution in [3.63, 3.8) is 0 Å². The van der Waals surface area contributed by atoms with Gasteiger partial charge in [-0.25, -0.2) is 0 Å². The normalized spacial score (nSPS) is 28.6. The molecule has 0 unspecified atom stereocenters. The van der Waals surface area contributed by atoms with Crippen LogP contribution in [0.2, 0.25) is 0 Å². The fourth-order valence-corrected chi connectivity index (χ4v) is 3.05. The largest absolute Gasteiger partial charge is 0.367 e. The average molecular weight is 215 g/mol. The fraction of sp³-hybridized carbons (Fsp3) is 0.500. The lowest BCUT2D eigenvalue weighted by Gasteiger charge is -2.43. The van der Waals surface area contributed by atoms with Gasteiger partial charge in [0.05, 0.1) is 0 Å². The van der Waals surface area contributed by atoms with Gasteiger partial charge in [0, 0.05) is 30.3 Å². The molecule has 2 atom stereocenters. The molecule has 2 aliphatic heterocycles. The zero-order valence-corrected chi connectivity index (χ0v) is 9.65. The number of carbonyl (C=O) groups excluding carboxylic acids is 1. The Kier molecular flexibility index (Phi) is 2.23. The van der Waals surface area contributed by atoms with Gasteiger partial charge in [-0.1, -0.05) is 19.1 Å². The van der Waals surface area contributed by atoms with Crippen LogP contribution in [-0.4, -0.2) is 18.4 Å². The number of benzene rings is 1. The molecule has 84 valence electrons. The molecular weight excluding hydrogens is 198 g/mol. The second-order valence-electron chi connectivity index (χ2n) is 5.12. The molecule has 1 aromatic carbocycles. The highest BCUT2D eigenvalue weighted by atomic mass is 16.1.